The summed E-state index contributed by atoms with van der Waals surface area (Å²) in [5, 5.41) is 13.4. The number of carboxylic acids is 1. The quantitative estimate of drug-likeness (QED) is 0.825. The van der Waals surface area contributed by atoms with E-state index in [0.717, 1.165) is 24.2 Å². The van der Waals surface area contributed by atoms with E-state index in [1.807, 2.05) is 36.1 Å². The molecule has 1 aromatic carbocycles. The molecule has 1 N–H and O–H groups in total. The maximum atomic E-state index is 12.8. The van der Waals surface area contributed by atoms with Crippen LogP contribution in [-0.4, -0.2) is 51.9 Å². The van der Waals surface area contributed by atoms with Gasteiger partial charge in [-0.2, -0.15) is 5.10 Å². The van der Waals surface area contributed by atoms with Crippen molar-refractivity contribution in [2.45, 2.75) is 45.1 Å². The number of carbonyl (C=O) groups is 2. The molecule has 1 saturated heterocycles. The number of aromatic nitrogens is 2. The molecular weight excluding hydrogens is 358 g/mol. The van der Waals surface area contributed by atoms with Crippen LogP contribution in [0.4, 0.5) is 0 Å². The van der Waals surface area contributed by atoms with Crippen LogP contribution in [0.15, 0.2) is 30.5 Å². The van der Waals surface area contributed by atoms with Crippen LogP contribution < -0.4 is 4.74 Å². The molecule has 1 aliphatic heterocycles. The lowest BCUT2D eigenvalue weighted by Gasteiger charge is -2.33. The highest BCUT2D eigenvalue weighted by atomic mass is 16.5. The molecule has 0 saturated carbocycles. The van der Waals surface area contributed by atoms with Gasteiger partial charge in [0.25, 0.3) is 0 Å². The van der Waals surface area contributed by atoms with Crippen molar-refractivity contribution in [3.8, 4) is 5.75 Å². The second-order valence-corrected chi connectivity index (χ2v) is 7.35. The molecule has 1 atom stereocenters. The molecule has 28 heavy (non-hydrogen) atoms. The molecule has 150 valence electrons. The Morgan fingerprint density at radius 2 is 1.96 bits per heavy atom. The number of methoxy groups -OCH3 is 1. The maximum absolute atomic E-state index is 12.8. The summed E-state index contributed by atoms with van der Waals surface area (Å²) in [5.41, 5.74) is 1.95. The number of benzene rings is 1. The van der Waals surface area contributed by atoms with Gasteiger partial charge in [0, 0.05) is 19.5 Å². The number of piperidine rings is 1. The smallest absolute Gasteiger partial charge is 0.339 e. The van der Waals surface area contributed by atoms with Gasteiger partial charge < -0.3 is 14.7 Å². The minimum Gasteiger partial charge on any atom is -0.496 e. The van der Waals surface area contributed by atoms with E-state index in [9.17, 15) is 14.7 Å². The van der Waals surface area contributed by atoms with Gasteiger partial charge in [-0.15, -0.1) is 0 Å². The van der Waals surface area contributed by atoms with Gasteiger partial charge in [-0.05, 0) is 37.3 Å². The Kier molecular flexibility index (Phi) is 6.02. The van der Waals surface area contributed by atoms with Crippen molar-refractivity contribution >= 4 is 11.9 Å². The highest BCUT2D eigenvalue weighted by Crippen LogP contribution is 2.30. The van der Waals surface area contributed by atoms with Gasteiger partial charge in [0.05, 0.1) is 25.0 Å². The number of amides is 1. The van der Waals surface area contributed by atoms with E-state index < -0.39 is 5.97 Å². The second kappa shape index (κ2) is 8.46. The fourth-order valence-corrected chi connectivity index (χ4v) is 3.94. The van der Waals surface area contributed by atoms with Gasteiger partial charge in [-0.25, -0.2) is 4.79 Å². The van der Waals surface area contributed by atoms with E-state index >= 15 is 0 Å². The van der Waals surface area contributed by atoms with Crippen molar-refractivity contribution in [3.63, 3.8) is 0 Å². The number of hydrogen-bond donors (Lipinski definition) is 1. The van der Waals surface area contributed by atoms with Crippen LogP contribution in [-0.2, 0) is 4.79 Å². The van der Waals surface area contributed by atoms with E-state index in [0.29, 0.717) is 25.2 Å². The SMILES string of the molecule is COc1ccccc1C(C)CC(=O)N1CCC(n2ncc(C(=O)O)c2C)CC1. The predicted molar refractivity (Wildman–Crippen MR) is 105 cm³/mol. The molecule has 1 amide bonds. The Bertz CT molecular complexity index is 853. The summed E-state index contributed by atoms with van der Waals surface area (Å²) in [6, 6.07) is 7.93. The van der Waals surface area contributed by atoms with Crippen LogP contribution in [0.5, 0.6) is 5.75 Å². The summed E-state index contributed by atoms with van der Waals surface area (Å²) in [7, 11) is 1.64. The van der Waals surface area contributed by atoms with Crippen LogP contribution in [0.1, 0.15) is 59.8 Å². The monoisotopic (exact) mass is 385 g/mol. The lowest BCUT2D eigenvalue weighted by Crippen LogP contribution is -2.39. The summed E-state index contributed by atoms with van der Waals surface area (Å²) >= 11 is 0. The van der Waals surface area contributed by atoms with Crippen molar-refractivity contribution in [1.29, 1.82) is 0 Å². The van der Waals surface area contributed by atoms with Crippen LogP contribution in [0.2, 0.25) is 0 Å². The minimum absolute atomic E-state index is 0.0767. The Labute approximate surface area is 164 Å². The number of aromatic carboxylic acids is 1. The molecule has 1 aromatic heterocycles. The normalized spacial score (nSPS) is 16.0. The van der Waals surface area contributed by atoms with Gasteiger partial charge in [0.2, 0.25) is 5.91 Å². The lowest BCUT2D eigenvalue weighted by atomic mass is 9.95. The summed E-state index contributed by atoms with van der Waals surface area (Å²) in [6.07, 6.45) is 3.39. The number of ether oxygens (including phenoxy) is 1. The van der Waals surface area contributed by atoms with Gasteiger partial charge >= 0.3 is 5.97 Å². The third kappa shape index (κ3) is 4.03. The Morgan fingerprint density at radius 1 is 1.29 bits per heavy atom. The summed E-state index contributed by atoms with van der Waals surface area (Å²) in [5.74, 6) is 0.0692. The number of carbonyl (C=O) groups excluding carboxylic acids is 1. The van der Waals surface area contributed by atoms with E-state index in [1.165, 1.54) is 6.20 Å². The first-order valence-corrected chi connectivity index (χ1v) is 9.60. The van der Waals surface area contributed by atoms with E-state index in [1.54, 1.807) is 18.7 Å². The molecule has 7 nitrogen and oxygen atoms in total. The third-order valence-electron chi connectivity index (χ3n) is 5.59. The molecule has 0 bridgehead atoms. The number of para-hydroxylation sites is 1. The lowest BCUT2D eigenvalue weighted by molar-refractivity contribution is -0.132. The first-order chi connectivity index (χ1) is 13.4. The second-order valence-electron chi connectivity index (χ2n) is 7.35. The number of likely N-dealkylation sites (tertiary alicyclic amines) is 1. The summed E-state index contributed by atoms with van der Waals surface area (Å²) < 4.78 is 7.20. The van der Waals surface area contributed by atoms with Crippen molar-refractivity contribution in [1.82, 2.24) is 14.7 Å². The molecule has 3 rings (SSSR count). The molecular formula is C21H27N3O4. The average molecular weight is 385 g/mol. The van der Waals surface area contributed by atoms with Crippen LogP contribution in [0, 0.1) is 6.92 Å². The zero-order chi connectivity index (χ0) is 20.3. The van der Waals surface area contributed by atoms with Gasteiger partial charge in [-0.3, -0.25) is 9.48 Å². The zero-order valence-electron chi connectivity index (χ0n) is 16.6. The van der Waals surface area contributed by atoms with Gasteiger partial charge in [0.15, 0.2) is 0 Å². The van der Waals surface area contributed by atoms with Crippen LogP contribution in [0.3, 0.4) is 0 Å². The predicted octanol–water partition coefficient (Wildman–Crippen LogP) is 3.26. The summed E-state index contributed by atoms with van der Waals surface area (Å²) in [4.78, 5) is 25.9. The minimum atomic E-state index is -0.957. The molecule has 0 radical (unpaired) electrons. The largest absolute Gasteiger partial charge is 0.496 e. The molecule has 0 aliphatic carbocycles. The third-order valence-corrected chi connectivity index (χ3v) is 5.59. The van der Waals surface area contributed by atoms with Crippen molar-refractivity contribution in [3.05, 3.63) is 47.3 Å². The molecule has 1 unspecified atom stereocenters. The maximum Gasteiger partial charge on any atom is 0.339 e. The molecule has 2 heterocycles. The first kappa shape index (κ1) is 19.9. The van der Waals surface area contributed by atoms with E-state index in [4.69, 9.17) is 4.74 Å². The molecule has 2 aromatic rings. The van der Waals surface area contributed by atoms with Gasteiger partial charge in [0.1, 0.15) is 11.3 Å². The first-order valence-electron chi connectivity index (χ1n) is 9.60. The fraction of sp³-hybridized carbons (Fsp3) is 0.476. The topological polar surface area (TPSA) is 84.7 Å². The van der Waals surface area contributed by atoms with Crippen molar-refractivity contribution in [2.24, 2.45) is 0 Å². The van der Waals surface area contributed by atoms with Crippen molar-refractivity contribution in [2.75, 3.05) is 20.2 Å². The van der Waals surface area contributed by atoms with Crippen LogP contribution in [0.25, 0.3) is 0 Å². The number of rotatable bonds is 6. The molecule has 7 heteroatoms. The van der Waals surface area contributed by atoms with Gasteiger partial charge in [-0.1, -0.05) is 25.1 Å². The van der Waals surface area contributed by atoms with E-state index in [2.05, 4.69) is 5.10 Å². The highest BCUT2D eigenvalue weighted by Gasteiger charge is 2.27. The Balaban J connectivity index is 1.59. The molecule has 1 fully saturated rings. The number of carboxylic acid groups (broad SMARTS) is 1. The zero-order valence-corrected chi connectivity index (χ0v) is 16.6. The van der Waals surface area contributed by atoms with Crippen LogP contribution >= 0.6 is 0 Å². The average Bonchev–Trinajstić information content (AvgIpc) is 3.09. The number of hydrogen-bond acceptors (Lipinski definition) is 4. The Hall–Kier alpha value is -2.83. The van der Waals surface area contributed by atoms with E-state index in [-0.39, 0.29) is 23.4 Å². The van der Waals surface area contributed by atoms with Crippen molar-refractivity contribution < 1.29 is 19.4 Å². The standard InChI is InChI=1S/C21H27N3O4/c1-14(17-6-4-5-7-19(17)28-3)12-20(25)23-10-8-16(9-11-23)24-15(2)18(13-22-24)21(26)27/h4-7,13-14,16H,8-12H2,1-3H3,(H,26,27). The summed E-state index contributed by atoms with van der Waals surface area (Å²) in [6.45, 7) is 5.14. The Morgan fingerprint density at radius 3 is 2.57 bits per heavy atom. The number of nitrogens with zero attached hydrogens (tertiary/aromatic N) is 3. The molecule has 1 aliphatic rings. The highest BCUT2D eigenvalue weighted by molar-refractivity contribution is 5.88. The fourth-order valence-electron chi connectivity index (χ4n) is 3.94. The molecule has 0 spiro atoms.